The lowest BCUT2D eigenvalue weighted by atomic mass is 9.84. The molecule has 4 atom stereocenters. The summed E-state index contributed by atoms with van der Waals surface area (Å²) >= 11 is 0. The Bertz CT molecular complexity index is 700. The van der Waals surface area contributed by atoms with Crippen LogP contribution in [-0.2, 0) is 14.8 Å². The first-order valence-electron chi connectivity index (χ1n) is 8.11. The van der Waals surface area contributed by atoms with E-state index in [1.807, 2.05) is 6.92 Å². The first-order chi connectivity index (χ1) is 10.9. The number of esters is 1. The lowest BCUT2D eigenvalue weighted by Gasteiger charge is -2.28. The van der Waals surface area contributed by atoms with E-state index >= 15 is 0 Å². The van der Waals surface area contributed by atoms with Gasteiger partial charge in [0.1, 0.15) is 0 Å². The van der Waals surface area contributed by atoms with Gasteiger partial charge in [0.25, 0.3) is 0 Å². The van der Waals surface area contributed by atoms with E-state index < -0.39 is 16.0 Å². The molecule has 3 rings (SSSR count). The molecule has 0 spiro atoms. The number of rotatable bonds is 5. The third kappa shape index (κ3) is 3.28. The van der Waals surface area contributed by atoms with Crippen molar-refractivity contribution in [3.05, 3.63) is 29.8 Å². The molecule has 2 saturated carbocycles. The lowest BCUT2D eigenvalue weighted by Crippen LogP contribution is -2.40. The summed E-state index contributed by atoms with van der Waals surface area (Å²) in [6.07, 6.45) is 4.88. The number of hydrogen-bond donors (Lipinski definition) is 1. The van der Waals surface area contributed by atoms with Crippen LogP contribution in [0.1, 0.15) is 43.0 Å². The van der Waals surface area contributed by atoms with Gasteiger partial charge in [-0.2, -0.15) is 0 Å². The molecule has 126 valence electrons. The lowest BCUT2D eigenvalue weighted by molar-refractivity contribution is 0.0600. The fraction of sp³-hybridized carbons (Fsp3) is 0.588. The number of carbonyl (C=O) groups excluding carboxylic acids is 1. The summed E-state index contributed by atoms with van der Waals surface area (Å²) in [7, 11) is -2.36. The summed E-state index contributed by atoms with van der Waals surface area (Å²) in [6.45, 7) is 1.95. The predicted octanol–water partition coefficient (Wildman–Crippen LogP) is 2.58. The third-order valence-corrected chi connectivity index (χ3v) is 6.90. The van der Waals surface area contributed by atoms with Crippen molar-refractivity contribution in [2.24, 2.45) is 17.8 Å². The maximum absolute atomic E-state index is 12.6. The van der Waals surface area contributed by atoms with Gasteiger partial charge < -0.3 is 4.74 Å². The van der Waals surface area contributed by atoms with Crippen LogP contribution in [0.4, 0.5) is 0 Å². The highest BCUT2D eigenvalue weighted by Crippen LogP contribution is 2.49. The molecule has 1 N–H and O–H groups in total. The molecule has 2 bridgehead atoms. The van der Waals surface area contributed by atoms with Crippen LogP contribution in [0.2, 0.25) is 0 Å². The normalized spacial score (nSPS) is 27.8. The molecule has 1 aromatic rings. The average molecular weight is 337 g/mol. The molecule has 2 aliphatic carbocycles. The number of hydrogen-bond acceptors (Lipinski definition) is 4. The standard InChI is InChI=1S/C17H23NO4S/c1-11(16-9-12-6-7-13(16)8-12)18-23(20,21)15-5-3-4-14(10-15)17(19)22-2/h3-5,10-13,16,18H,6-9H2,1-2H3/t11-,12+,13+,16-/m1/s1. The zero-order chi connectivity index (χ0) is 16.6. The number of fused-ring (bicyclic) bond motifs is 2. The van der Waals surface area contributed by atoms with Crippen LogP contribution in [0, 0.1) is 17.8 Å². The second-order valence-corrected chi connectivity index (χ2v) is 8.48. The number of sulfonamides is 1. The minimum atomic E-state index is -3.64. The van der Waals surface area contributed by atoms with Gasteiger partial charge in [-0.05, 0) is 62.1 Å². The van der Waals surface area contributed by atoms with E-state index in [0.29, 0.717) is 11.8 Å². The average Bonchev–Trinajstić information content (AvgIpc) is 3.17. The van der Waals surface area contributed by atoms with Crippen LogP contribution in [0.15, 0.2) is 29.2 Å². The van der Waals surface area contributed by atoms with Gasteiger partial charge in [0.15, 0.2) is 0 Å². The van der Waals surface area contributed by atoms with Crippen molar-refractivity contribution in [1.82, 2.24) is 4.72 Å². The Morgan fingerprint density at radius 3 is 2.70 bits per heavy atom. The van der Waals surface area contributed by atoms with E-state index in [-0.39, 0.29) is 16.5 Å². The first kappa shape index (κ1) is 16.5. The van der Waals surface area contributed by atoms with Crippen molar-refractivity contribution < 1.29 is 17.9 Å². The number of nitrogens with one attached hydrogen (secondary N) is 1. The van der Waals surface area contributed by atoms with E-state index in [9.17, 15) is 13.2 Å². The fourth-order valence-corrected chi connectivity index (χ4v) is 5.55. The number of ether oxygens (including phenoxy) is 1. The summed E-state index contributed by atoms with van der Waals surface area (Å²) in [5.41, 5.74) is 0.239. The van der Waals surface area contributed by atoms with Crippen molar-refractivity contribution in [1.29, 1.82) is 0 Å². The molecule has 1 aromatic carbocycles. The highest BCUT2D eigenvalue weighted by Gasteiger charge is 2.42. The van der Waals surface area contributed by atoms with Gasteiger partial charge in [-0.15, -0.1) is 0 Å². The molecule has 0 heterocycles. The van der Waals surface area contributed by atoms with Crippen molar-refractivity contribution >= 4 is 16.0 Å². The molecule has 0 unspecified atom stereocenters. The second kappa shape index (κ2) is 6.24. The molecule has 2 aliphatic rings. The Balaban J connectivity index is 1.75. The van der Waals surface area contributed by atoms with Gasteiger partial charge in [0, 0.05) is 6.04 Å². The number of carbonyl (C=O) groups is 1. The monoisotopic (exact) mass is 337 g/mol. The van der Waals surface area contributed by atoms with E-state index in [1.165, 1.54) is 38.5 Å². The fourth-order valence-electron chi connectivity index (χ4n) is 4.21. The minimum Gasteiger partial charge on any atom is -0.465 e. The summed E-state index contributed by atoms with van der Waals surface area (Å²) < 4.78 is 32.7. The van der Waals surface area contributed by atoms with Crippen LogP contribution in [0.3, 0.4) is 0 Å². The van der Waals surface area contributed by atoms with Crippen LogP contribution >= 0.6 is 0 Å². The van der Waals surface area contributed by atoms with E-state index in [0.717, 1.165) is 12.3 Å². The molecule has 0 amide bonds. The second-order valence-electron chi connectivity index (χ2n) is 6.77. The van der Waals surface area contributed by atoms with Crippen LogP contribution in [-0.4, -0.2) is 27.5 Å². The molecule has 0 aromatic heterocycles. The smallest absolute Gasteiger partial charge is 0.337 e. The molecule has 0 aliphatic heterocycles. The highest BCUT2D eigenvalue weighted by molar-refractivity contribution is 7.89. The third-order valence-electron chi connectivity index (χ3n) is 5.34. The number of methoxy groups -OCH3 is 1. The van der Waals surface area contributed by atoms with Gasteiger partial charge in [-0.1, -0.05) is 12.5 Å². The molecule has 23 heavy (non-hydrogen) atoms. The van der Waals surface area contributed by atoms with E-state index in [2.05, 4.69) is 9.46 Å². The van der Waals surface area contributed by atoms with Crippen LogP contribution in [0.25, 0.3) is 0 Å². The van der Waals surface area contributed by atoms with E-state index in [4.69, 9.17) is 0 Å². The van der Waals surface area contributed by atoms with Gasteiger partial charge in [-0.3, -0.25) is 0 Å². The topological polar surface area (TPSA) is 72.5 Å². The molecular formula is C17H23NO4S. The maximum Gasteiger partial charge on any atom is 0.337 e. The zero-order valence-corrected chi connectivity index (χ0v) is 14.3. The molecular weight excluding hydrogens is 314 g/mol. The Morgan fingerprint density at radius 1 is 1.30 bits per heavy atom. The van der Waals surface area contributed by atoms with Crippen molar-refractivity contribution in [2.45, 2.75) is 43.5 Å². The SMILES string of the molecule is COC(=O)c1cccc(S(=O)(=O)N[C@H](C)[C@H]2C[C@H]3CC[C@H]2C3)c1. The molecule has 5 nitrogen and oxygen atoms in total. The molecule has 6 heteroatoms. The van der Waals surface area contributed by atoms with Crippen molar-refractivity contribution in [3.63, 3.8) is 0 Å². The van der Waals surface area contributed by atoms with E-state index in [1.54, 1.807) is 12.1 Å². The predicted molar refractivity (Wildman–Crippen MR) is 86.5 cm³/mol. The summed E-state index contributed by atoms with van der Waals surface area (Å²) in [4.78, 5) is 11.7. The Labute approximate surface area is 137 Å². The molecule has 2 fully saturated rings. The number of benzene rings is 1. The van der Waals surface area contributed by atoms with Gasteiger partial charge in [0.2, 0.25) is 10.0 Å². The van der Waals surface area contributed by atoms with Crippen LogP contribution < -0.4 is 4.72 Å². The minimum absolute atomic E-state index is 0.0860. The van der Waals surface area contributed by atoms with Gasteiger partial charge in [-0.25, -0.2) is 17.9 Å². The van der Waals surface area contributed by atoms with Crippen LogP contribution in [0.5, 0.6) is 0 Å². The zero-order valence-electron chi connectivity index (χ0n) is 13.5. The Morgan fingerprint density at radius 2 is 2.09 bits per heavy atom. The first-order valence-corrected chi connectivity index (χ1v) is 9.59. The highest BCUT2D eigenvalue weighted by atomic mass is 32.2. The Kier molecular flexibility index (Phi) is 4.47. The van der Waals surface area contributed by atoms with Gasteiger partial charge >= 0.3 is 5.97 Å². The summed E-state index contributed by atoms with van der Waals surface area (Å²) in [5.74, 6) is 1.31. The molecule has 0 radical (unpaired) electrons. The maximum atomic E-state index is 12.6. The van der Waals surface area contributed by atoms with Crippen molar-refractivity contribution in [3.8, 4) is 0 Å². The Hall–Kier alpha value is -1.40. The summed E-state index contributed by atoms with van der Waals surface area (Å²) in [5, 5.41) is 0. The van der Waals surface area contributed by atoms with Gasteiger partial charge in [0.05, 0.1) is 17.6 Å². The summed E-state index contributed by atoms with van der Waals surface area (Å²) in [6, 6.07) is 5.88. The quantitative estimate of drug-likeness (QED) is 0.838. The molecule has 0 saturated heterocycles. The van der Waals surface area contributed by atoms with Crippen molar-refractivity contribution in [2.75, 3.05) is 7.11 Å². The largest absolute Gasteiger partial charge is 0.465 e.